The molecule has 102 valence electrons. The van der Waals surface area contributed by atoms with Crippen LogP contribution in [-0.2, 0) is 10.9 Å². The smallest absolute Gasteiger partial charge is 0.379 e. The maximum atomic E-state index is 12.4. The molecule has 0 aromatic carbocycles. The molecular weight excluding hydrogens is 247 g/mol. The second-order valence-electron chi connectivity index (χ2n) is 3.99. The van der Waals surface area contributed by atoms with Gasteiger partial charge in [-0.3, -0.25) is 0 Å². The third-order valence-corrected chi connectivity index (χ3v) is 2.04. The number of halogens is 3. The molecule has 0 unspecified atom stereocenters. The van der Waals surface area contributed by atoms with Crippen LogP contribution in [0.2, 0.25) is 0 Å². The van der Waals surface area contributed by atoms with Crippen LogP contribution in [0.3, 0.4) is 0 Å². The van der Waals surface area contributed by atoms with Gasteiger partial charge in [0.25, 0.3) is 0 Å². The molecule has 1 rings (SSSR count). The van der Waals surface area contributed by atoms with E-state index in [0.717, 1.165) is 12.4 Å². The number of ether oxygens (including phenoxy) is 1. The summed E-state index contributed by atoms with van der Waals surface area (Å²) in [5.74, 6) is 0.168. The van der Waals surface area contributed by atoms with Crippen molar-refractivity contribution in [2.75, 3.05) is 18.5 Å². The van der Waals surface area contributed by atoms with Crippen LogP contribution in [0.25, 0.3) is 0 Å². The number of alkyl halides is 3. The first kappa shape index (κ1) is 14.7. The fraction of sp³-hybridized carbons (Fsp3) is 0.636. The van der Waals surface area contributed by atoms with E-state index in [9.17, 15) is 13.2 Å². The third kappa shape index (κ3) is 5.31. The highest BCUT2D eigenvalue weighted by Gasteiger charge is 2.32. The van der Waals surface area contributed by atoms with Gasteiger partial charge in [-0.2, -0.15) is 13.2 Å². The lowest BCUT2D eigenvalue weighted by molar-refractivity contribution is -0.141. The molecule has 7 heteroatoms. The van der Waals surface area contributed by atoms with Crippen LogP contribution in [0.5, 0.6) is 0 Å². The van der Waals surface area contributed by atoms with Crippen molar-refractivity contribution in [3.63, 3.8) is 0 Å². The Morgan fingerprint density at radius 1 is 1.33 bits per heavy atom. The molecule has 0 spiro atoms. The van der Waals surface area contributed by atoms with Crippen LogP contribution in [0.15, 0.2) is 12.4 Å². The summed E-state index contributed by atoms with van der Waals surface area (Å²) >= 11 is 0. The summed E-state index contributed by atoms with van der Waals surface area (Å²) in [6.45, 7) is 4.91. The molecule has 1 aromatic heterocycles. The van der Waals surface area contributed by atoms with Gasteiger partial charge in [-0.1, -0.05) is 0 Å². The van der Waals surface area contributed by atoms with E-state index in [0.29, 0.717) is 19.6 Å². The highest BCUT2D eigenvalue weighted by Crippen LogP contribution is 2.27. The predicted octanol–water partition coefficient (Wildman–Crippen LogP) is 2.72. The Morgan fingerprint density at radius 3 is 2.67 bits per heavy atom. The molecule has 0 atom stereocenters. The van der Waals surface area contributed by atoms with Crippen molar-refractivity contribution < 1.29 is 17.9 Å². The van der Waals surface area contributed by atoms with Crippen LogP contribution >= 0.6 is 0 Å². The lowest BCUT2D eigenvalue weighted by atomic mass is 10.3. The van der Waals surface area contributed by atoms with Gasteiger partial charge >= 0.3 is 6.18 Å². The number of nitrogens with zero attached hydrogens (tertiary/aromatic N) is 2. The average Bonchev–Trinajstić information content (AvgIpc) is 2.27. The summed E-state index contributed by atoms with van der Waals surface area (Å²) in [4.78, 5) is 6.90. The van der Waals surface area contributed by atoms with Gasteiger partial charge in [0.15, 0.2) is 0 Å². The van der Waals surface area contributed by atoms with E-state index in [1.165, 1.54) is 0 Å². The second kappa shape index (κ2) is 6.53. The van der Waals surface area contributed by atoms with E-state index in [-0.39, 0.29) is 11.9 Å². The molecule has 0 fully saturated rings. The van der Waals surface area contributed by atoms with Gasteiger partial charge in [0.1, 0.15) is 17.8 Å². The zero-order valence-corrected chi connectivity index (χ0v) is 10.3. The lowest BCUT2D eigenvalue weighted by Gasteiger charge is -2.10. The van der Waals surface area contributed by atoms with Gasteiger partial charge < -0.3 is 10.1 Å². The molecule has 0 aliphatic heterocycles. The molecule has 0 saturated carbocycles. The van der Waals surface area contributed by atoms with E-state index < -0.39 is 11.9 Å². The molecule has 4 nitrogen and oxygen atoms in total. The number of nitrogens with one attached hydrogen (secondary N) is 1. The van der Waals surface area contributed by atoms with Crippen LogP contribution in [-0.4, -0.2) is 29.2 Å². The van der Waals surface area contributed by atoms with Crippen molar-refractivity contribution in [2.24, 2.45) is 0 Å². The van der Waals surface area contributed by atoms with Crippen molar-refractivity contribution in [3.05, 3.63) is 18.1 Å². The molecular formula is C11H16F3N3O. The first-order valence-corrected chi connectivity index (χ1v) is 5.64. The molecule has 0 aliphatic rings. The summed E-state index contributed by atoms with van der Waals surface area (Å²) in [7, 11) is 0. The molecule has 18 heavy (non-hydrogen) atoms. The largest absolute Gasteiger partial charge is 0.433 e. The van der Waals surface area contributed by atoms with Gasteiger partial charge in [0.2, 0.25) is 0 Å². The Bertz CT molecular complexity index is 369. The molecule has 0 saturated heterocycles. The Hall–Kier alpha value is -1.37. The van der Waals surface area contributed by atoms with Crippen molar-refractivity contribution in [3.8, 4) is 0 Å². The van der Waals surface area contributed by atoms with Crippen molar-refractivity contribution in [1.82, 2.24) is 9.97 Å². The fourth-order valence-corrected chi connectivity index (χ4v) is 1.22. The number of hydrogen-bond acceptors (Lipinski definition) is 4. The van der Waals surface area contributed by atoms with Gasteiger partial charge in [-0.05, 0) is 20.3 Å². The lowest BCUT2D eigenvalue weighted by Crippen LogP contribution is -2.12. The maximum Gasteiger partial charge on any atom is 0.433 e. The zero-order chi connectivity index (χ0) is 13.6. The van der Waals surface area contributed by atoms with Crippen LogP contribution in [0, 0.1) is 0 Å². The first-order valence-electron chi connectivity index (χ1n) is 5.64. The standard InChI is InChI=1S/C11H16F3N3O/c1-8(2)18-5-3-4-15-10-6-9(11(12,13)14)16-7-17-10/h6-8H,3-5H2,1-2H3,(H,15,16,17). The predicted molar refractivity (Wildman–Crippen MR) is 61.2 cm³/mol. The van der Waals surface area contributed by atoms with Crippen LogP contribution < -0.4 is 5.32 Å². The van der Waals surface area contributed by atoms with E-state index >= 15 is 0 Å². The van der Waals surface area contributed by atoms with E-state index in [2.05, 4.69) is 15.3 Å². The molecule has 0 radical (unpaired) electrons. The maximum absolute atomic E-state index is 12.4. The molecule has 0 bridgehead atoms. The minimum absolute atomic E-state index is 0.154. The molecule has 1 aromatic rings. The van der Waals surface area contributed by atoms with Crippen LogP contribution in [0.4, 0.5) is 19.0 Å². The number of hydrogen-bond donors (Lipinski definition) is 1. The molecule has 0 aliphatic carbocycles. The van der Waals surface area contributed by atoms with Gasteiger partial charge in [0, 0.05) is 19.2 Å². The Morgan fingerprint density at radius 2 is 2.06 bits per heavy atom. The normalized spacial score (nSPS) is 11.9. The summed E-state index contributed by atoms with van der Waals surface area (Å²) in [5.41, 5.74) is -0.946. The minimum Gasteiger partial charge on any atom is -0.379 e. The quantitative estimate of drug-likeness (QED) is 0.802. The Labute approximate surface area is 104 Å². The molecule has 0 amide bonds. The zero-order valence-electron chi connectivity index (χ0n) is 10.3. The fourth-order valence-electron chi connectivity index (χ4n) is 1.22. The highest BCUT2D eigenvalue weighted by molar-refractivity contribution is 5.35. The molecule has 1 heterocycles. The number of rotatable bonds is 6. The summed E-state index contributed by atoms with van der Waals surface area (Å²) in [6.07, 6.45) is -2.69. The first-order chi connectivity index (χ1) is 8.39. The van der Waals surface area contributed by atoms with Gasteiger partial charge in [-0.15, -0.1) is 0 Å². The number of anilines is 1. The highest BCUT2D eigenvalue weighted by atomic mass is 19.4. The van der Waals surface area contributed by atoms with E-state index in [1.807, 2.05) is 13.8 Å². The molecule has 1 N–H and O–H groups in total. The SMILES string of the molecule is CC(C)OCCCNc1cc(C(F)(F)F)ncn1. The van der Waals surface area contributed by atoms with Gasteiger partial charge in [-0.25, -0.2) is 9.97 Å². The van der Waals surface area contributed by atoms with Gasteiger partial charge in [0.05, 0.1) is 6.10 Å². The van der Waals surface area contributed by atoms with Crippen LogP contribution in [0.1, 0.15) is 26.0 Å². The summed E-state index contributed by atoms with van der Waals surface area (Å²) in [6, 6.07) is 0.892. The monoisotopic (exact) mass is 263 g/mol. The summed E-state index contributed by atoms with van der Waals surface area (Å²) in [5, 5.41) is 2.80. The average molecular weight is 263 g/mol. The van der Waals surface area contributed by atoms with Crippen molar-refractivity contribution in [1.29, 1.82) is 0 Å². The summed E-state index contributed by atoms with van der Waals surface area (Å²) < 4.78 is 42.4. The Kier molecular flexibility index (Phi) is 5.33. The number of aromatic nitrogens is 2. The minimum atomic E-state index is -4.44. The Balaban J connectivity index is 2.39. The third-order valence-electron chi connectivity index (χ3n) is 2.04. The van der Waals surface area contributed by atoms with E-state index in [4.69, 9.17) is 4.74 Å². The van der Waals surface area contributed by atoms with Crippen molar-refractivity contribution in [2.45, 2.75) is 32.5 Å². The second-order valence-corrected chi connectivity index (χ2v) is 3.99. The van der Waals surface area contributed by atoms with E-state index in [1.54, 1.807) is 0 Å². The topological polar surface area (TPSA) is 47.0 Å². The van der Waals surface area contributed by atoms with Crippen molar-refractivity contribution >= 4 is 5.82 Å².